The molecule has 8 nitrogen and oxygen atoms in total. The van der Waals surface area contributed by atoms with Gasteiger partial charge in [0.25, 0.3) is 0 Å². The van der Waals surface area contributed by atoms with Crippen LogP contribution in [0, 0.1) is 28.4 Å². The third-order valence-corrected chi connectivity index (χ3v) is 7.63. The summed E-state index contributed by atoms with van der Waals surface area (Å²) < 4.78 is 35.3. The van der Waals surface area contributed by atoms with Crippen molar-refractivity contribution >= 4 is 23.2 Å². The molecule has 1 atom stereocenters. The number of benzene rings is 2. The quantitative estimate of drug-likeness (QED) is 0.528. The molecule has 2 aromatic carbocycles. The smallest absolute Gasteiger partial charge is 0.231 e. The molecular formula is C25H24ClF2N7O. The second kappa shape index (κ2) is 8.32. The van der Waals surface area contributed by atoms with E-state index in [1.807, 2.05) is 30.0 Å². The molecule has 186 valence electrons. The first-order chi connectivity index (χ1) is 17.3. The summed E-state index contributed by atoms with van der Waals surface area (Å²) in [7, 11) is 1.37. The first-order valence-electron chi connectivity index (χ1n) is 11.7. The van der Waals surface area contributed by atoms with Crippen LogP contribution in [0.1, 0.15) is 18.3 Å². The van der Waals surface area contributed by atoms with Gasteiger partial charge in [-0.1, -0.05) is 11.6 Å². The summed E-state index contributed by atoms with van der Waals surface area (Å²) in [5, 5.41) is 19.1. The van der Waals surface area contributed by atoms with Crippen LogP contribution in [0.25, 0.3) is 5.69 Å². The molecule has 0 saturated carbocycles. The number of hydrogen-bond acceptors (Lipinski definition) is 7. The third kappa shape index (κ3) is 3.57. The lowest BCUT2D eigenvalue weighted by Crippen LogP contribution is -2.73. The zero-order valence-electron chi connectivity index (χ0n) is 19.9. The number of nitriles is 1. The highest BCUT2D eigenvalue weighted by Gasteiger charge is 2.53. The Morgan fingerprint density at radius 1 is 1.03 bits per heavy atom. The lowest BCUT2D eigenvalue weighted by atomic mass is 9.72. The van der Waals surface area contributed by atoms with E-state index in [0.717, 1.165) is 42.2 Å². The molecule has 3 aliphatic rings. The largest absolute Gasteiger partial charge is 0.494 e. The molecule has 2 fully saturated rings. The van der Waals surface area contributed by atoms with Gasteiger partial charge >= 0.3 is 0 Å². The standard InChI is InChI=1S/C25H24ClF2N7O/c1-15(8-29)32-9-16-5-17(26)3-4-20(16)35-23(10-32)30-31-24(35)34-13-25(14-34)11-33(12-25)21-7-22(36-2)19(28)6-18(21)27/h3-7,15H,9-14H2,1-2H3. The SMILES string of the molecule is COc1cc(N2CC3(C2)CN(c2nnc4n2-c2ccc(Cl)cc2CN(C(C)C#N)C4)C3)c(F)cc1F. The lowest BCUT2D eigenvalue weighted by Gasteiger charge is -2.61. The summed E-state index contributed by atoms with van der Waals surface area (Å²) >= 11 is 6.31. The molecule has 3 aromatic rings. The van der Waals surface area contributed by atoms with Crippen molar-refractivity contribution in [1.82, 2.24) is 19.7 Å². The second-order valence-electron chi connectivity index (χ2n) is 9.89. The Kier molecular flexibility index (Phi) is 5.32. The number of halogens is 3. The second-order valence-corrected chi connectivity index (χ2v) is 10.3. The molecule has 0 bridgehead atoms. The third-order valence-electron chi connectivity index (χ3n) is 7.40. The van der Waals surface area contributed by atoms with Crippen molar-refractivity contribution in [3.8, 4) is 17.5 Å². The average Bonchev–Trinajstić information content (AvgIpc) is 3.12. The van der Waals surface area contributed by atoms with Crippen LogP contribution in [0.3, 0.4) is 0 Å². The van der Waals surface area contributed by atoms with E-state index in [0.29, 0.717) is 36.9 Å². The van der Waals surface area contributed by atoms with Crippen molar-refractivity contribution in [3.05, 3.63) is 58.4 Å². The minimum Gasteiger partial charge on any atom is -0.494 e. The Balaban J connectivity index is 1.24. The first-order valence-corrected chi connectivity index (χ1v) is 12.1. The molecular weight excluding hydrogens is 488 g/mol. The van der Waals surface area contributed by atoms with Crippen LogP contribution in [0.15, 0.2) is 30.3 Å². The van der Waals surface area contributed by atoms with Crippen molar-refractivity contribution in [1.29, 1.82) is 5.26 Å². The molecule has 36 heavy (non-hydrogen) atoms. The van der Waals surface area contributed by atoms with Crippen LogP contribution in [0.4, 0.5) is 20.4 Å². The van der Waals surface area contributed by atoms with E-state index in [1.165, 1.54) is 13.2 Å². The summed E-state index contributed by atoms with van der Waals surface area (Å²) in [6.45, 7) is 5.78. The highest BCUT2D eigenvalue weighted by molar-refractivity contribution is 6.30. The molecule has 0 aliphatic carbocycles. The molecule has 6 rings (SSSR count). The maximum atomic E-state index is 14.4. The van der Waals surface area contributed by atoms with Gasteiger partial charge in [0.05, 0.1) is 37.1 Å². The van der Waals surface area contributed by atoms with E-state index in [1.54, 1.807) is 0 Å². The minimum atomic E-state index is -0.708. The number of ether oxygens (including phenoxy) is 1. The van der Waals surface area contributed by atoms with Crippen LogP contribution in [-0.4, -0.2) is 59.0 Å². The maximum Gasteiger partial charge on any atom is 0.231 e. The highest BCUT2D eigenvalue weighted by Crippen LogP contribution is 2.45. The van der Waals surface area contributed by atoms with Gasteiger partial charge in [0, 0.05) is 55.3 Å². The summed E-state index contributed by atoms with van der Waals surface area (Å²) in [6.07, 6.45) is 0. The van der Waals surface area contributed by atoms with Crippen molar-refractivity contribution in [2.75, 3.05) is 43.1 Å². The number of fused-ring (bicyclic) bond motifs is 3. The monoisotopic (exact) mass is 511 g/mol. The van der Waals surface area contributed by atoms with E-state index in [9.17, 15) is 14.0 Å². The fourth-order valence-electron chi connectivity index (χ4n) is 5.53. The summed E-state index contributed by atoms with van der Waals surface area (Å²) in [6, 6.07) is 10.1. The van der Waals surface area contributed by atoms with Crippen LogP contribution in [0.2, 0.25) is 5.02 Å². The van der Waals surface area contributed by atoms with Gasteiger partial charge in [-0.3, -0.25) is 9.47 Å². The predicted octanol–water partition coefficient (Wildman–Crippen LogP) is 3.76. The number of hydrogen-bond donors (Lipinski definition) is 0. The van der Waals surface area contributed by atoms with Crippen LogP contribution >= 0.6 is 11.6 Å². The van der Waals surface area contributed by atoms with Gasteiger partial charge < -0.3 is 14.5 Å². The van der Waals surface area contributed by atoms with Gasteiger partial charge in [-0.2, -0.15) is 5.26 Å². The zero-order valence-corrected chi connectivity index (χ0v) is 20.6. The first kappa shape index (κ1) is 23.0. The van der Waals surface area contributed by atoms with Crippen molar-refractivity contribution < 1.29 is 13.5 Å². The van der Waals surface area contributed by atoms with E-state index < -0.39 is 11.6 Å². The van der Waals surface area contributed by atoms with Gasteiger partial charge in [-0.15, -0.1) is 10.2 Å². The van der Waals surface area contributed by atoms with Gasteiger partial charge in [-0.05, 0) is 30.7 Å². The van der Waals surface area contributed by atoms with E-state index in [2.05, 4.69) is 30.6 Å². The Labute approximate surface area is 212 Å². The molecule has 4 heterocycles. The lowest BCUT2D eigenvalue weighted by molar-refractivity contribution is 0.153. The summed E-state index contributed by atoms with van der Waals surface area (Å²) in [5.74, 6) is 0.255. The topological polar surface area (TPSA) is 73.5 Å². The number of anilines is 2. The summed E-state index contributed by atoms with van der Waals surface area (Å²) in [4.78, 5) is 6.15. The van der Waals surface area contributed by atoms with Crippen molar-refractivity contribution in [2.45, 2.75) is 26.1 Å². The molecule has 0 N–H and O–H groups in total. The molecule has 1 aromatic heterocycles. The average molecular weight is 512 g/mol. The highest BCUT2D eigenvalue weighted by atomic mass is 35.5. The Hall–Kier alpha value is -3.42. The van der Waals surface area contributed by atoms with Crippen molar-refractivity contribution in [2.24, 2.45) is 5.41 Å². The van der Waals surface area contributed by atoms with Gasteiger partial charge in [0.1, 0.15) is 5.82 Å². The normalized spacial score (nSPS) is 19.0. The maximum absolute atomic E-state index is 14.4. The van der Waals surface area contributed by atoms with E-state index in [-0.39, 0.29) is 17.2 Å². The summed E-state index contributed by atoms with van der Waals surface area (Å²) in [5.41, 5.74) is 2.33. The molecule has 0 amide bonds. The van der Waals surface area contributed by atoms with Crippen LogP contribution < -0.4 is 14.5 Å². The van der Waals surface area contributed by atoms with Gasteiger partial charge in [0.15, 0.2) is 17.4 Å². The van der Waals surface area contributed by atoms with Crippen LogP contribution in [-0.2, 0) is 13.1 Å². The van der Waals surface area contributed by atoms with Gasteiger partial charge in [-0.25, -0.2) is 8.78 Å². The number of nitrogens with zero attached hydrogens (tertiary/aromatic N) is 7. The molecule has 1 unspecified atom stereocenters. The fourth-order valence-corrected chi connectivity index (χ4v) is 5.72. The zero-order chi connectivity index (χ0) is 25.2. The van der Waals surface area contributed by atoms with Gasteiger partial charge in [0.2, 0.25) is 5.95 Å². The molecule has 11 heteroatoms. The Morgan fingerprint density at radius 3 is 2.50 bits per heavy atom. The van der Waals surface area contributed by atoms with Crippen LogP contribution in [0.5, 0.6) is 5.75 Å². The van der Waals surface area contributed by atoms with E-state index in [4.69, 9.17) is 16.3 Å². The molecule has 0 radical (unpaired) electrons. The number of methoxy groups -OCH3 is 1. The molecule has 3 aliphatic heterocycles. The Morgan fingerprint density at radius 2 is 1.78 bits per heavy atom. The number of aromatic nitrogens is 3. The molecule has 2 saturated heterocycles. The Bertz CT molecular complexity index is 1390. The van der Waals surface area contributed by atoms with Crippen molar-refractivity contribution in [3.63, 3.8) is 0 Å². The molecule has 1 spiro atoms. The fraction of sp³-hybridized carbons (Fsp3) is 0.400. The number of rotatable bonds is 4. The minimum absolute atomic E-state index is 0.00929. The van der Waals surface area contributed by atoms with E-state index >= 15 is 0 Å². The predicted molar refractivity (Wildman–Crippen MR) is 130 cm³/mol.